The molecule has 1 amide bonds. The third-order valence-corrected chi connectivity index (χ3v) is 2.89. The van der Waals surface area contributed by atoms with Gasteiger partial charge in [-0.2, -0.15) is 0 Å². The molecule has 0 saturated carbocycles. The zero-order valence-electron chi connectivity index (χ0n) is 10.8. The van der Waals surface area contributed by atoms with Crippen LogP contribution >= 0.6 is 0 Å². The van der Waals surface area contributed by atoms with E-state index in [4.69, 9.17) is 0 Å². The number of unbranched alkanes of at least 4 members (excludes halogenated alkanes) is 1. The van der Waals surface area contributed by atoms with E-state index >= 15 is 0 Å². The van der Waals surface area contributed by atoms with Gasteiger partial charge in [-0.05, 0) is 31.5 Å². The van der Waals surface area contributed by atoms with Gasteiger partial charge < -0.3 is 5.32 Å². The van der Waals surface area contributed by atoms with Crippen LogP contribution in [0.2, 0.25) is 0 Å². The van der Waals surface area contributed by atoms with Crippen molar-refractivity contribution in [2.75, 3.05) is 6.54 Å². The second-order valence-corrected chi connectivity index (χ2v) is 4.22. The predicted molar refractivity (Wildman–Crippen MR) is 70.4 cm³/mol. The average molecular weight is 246 g/mol. The van der Waals surface area contributed by atoms with Crippen LogP contribution in [0.5, 0.6) is 0 Å². The molecule has 0 aliphatic rings. The molecular formula is C13H18N4O. The molecule has 1 heterocycles. The fraction of sp³-hybridized carbons (Fsp3) is 0.462. The van der Waals surface area contributed by atoms with Crippen molar-refractivity contribution in [1.82, 2.24) is 20.3 Å². The van der Waals surface area contributed by atoms with E-state index in [1.165, 1.54) is 0 Å². The van der Waals surface area contributed by atoms with Crippen LogP contribution < -0.4 is 5.32 Å². The molecule has 5 heteroatoms. The van der Waals surface area contributed by atoms with Gasteiger partial charge in [-0.25, -0.2) is 4.68 Å². The number of nitrogens with one attached hydrogen (secondary N) is 1. The molecule has 2 aromatic rings. The lowest BCUT2D eigenvalue weighted by Gasteiger charge is -2.04. The van der Waals surface area contributed by atoms with Gasteiger partial charge in [0.05, 0.1) is 5.52 Å². The van der Waals surface area contributed by atoms with Crippen LogP contribution in [-0.2, 0) is 6.54 Å². The Morgan fingerprint density at radius 2 is 2.22 bits per heavy atom. The maximum Gasteiger partial charge on any atom is 0.251 e. The molecule has 96 valence electrons. The second kappa shape index (κ2) is 5.62. The van der Waals surface area contributed by atoms with E-state index in [1.807, 2.05) is 23.7 Å². The molecule has 0 atom stereocenters. The number of amides is 1. The smallest absolute Gasteiger partial charge is 0.251 e. The fourth-order valence-electron chi connectivity index (χ4n) is 1.83. The van der Waals surface area contributed by atoms with Crippen molar-refractivity contribution in [3.63, 3.8) is 0 Å². The number of rotatable bonds is 5. The molecule has 5 nitrogen and oxygen atoms in total. The van der Waals surface area contributed by atoms with E-state index in [-0.39, 0.29) is 5.91 Å². The SMILES string of the molecule is CCCCNC(=O)c1ccc2c(c1)nnn2CC. The summed E-state index contributed by atoms with van der Waals surface area (Å²) in [6, 6.07) is 5.50. The Labute approximate surface area is 106 Å². The summed E-state index contributed by atoms with van der Waals surface area (Å²) in [5.74, 6) is -0.0450. The quantitative estimate of drug-likeness (QED) is 0.821. The van der Waals surface area contributed by atoms with Crippen LogP contribution in [0.15, 0.2) is 18.2 Å². The largest absolute Gasteiger partial charge is 0.352 e. The number of fused-ring (bicyclic) bond motifs is 1. The normalized spacial score (nSPS) is 10.8. The van der Waals surface area contributed by atoms with Crippen molar-refractivity contribution in [2.45, 2.75) is 33.2 Å². The standard InChI is InChI=1S/C13H18N4O/c1-3-5-8-14-13(18)10-6-7-12-11(9-10)15-16-17(12)4-2/h6-7,9H,3-5,8H2,1-2H3,(H,14,18). The maximum absolute atomic E-state index is 11.9. The minimum Gasteiger partial charge on any atom is -0.352 e. The molecule has 0 aliphatic carbocycles. The number of benzene rings is 1. The van der Waals surface area contributed by atoms with Crippen molar-refractivity contribution in [3.05, 3.63) is 23.8 Å². The van der Waals surface area contributed by atoms with E-state index in [0.29, 0.717) is 5.56 Å². The molecule has 1 aromatic heterocycles. The Balaban J connectivity index is 2.17. The highest BCUT2D eigenvalue weighted by Crippen LogP contribution is 2.13. The minimum atomic E-state index is -0.0450. The van der Waals surface area contributed by atoms with E-state index in [9.17, 15) is 4.79 Å². The van der Waals surface area contributed by atoms with Crippen LogP contribution in [-0.4, -0.2) is 27.4 Å². The Morgan fingerprint density at radius 1 is 1.39 bits per heavy atom. The first kappa shape index (κ1) is 12.5. The van der Waals surface area contributed by atoms with Crippen LogP contribution in [0.3, 0.4) is 0 Å². The molecule has 2 rings (SSSR count). The summed E-state index contributed by atoms with van der Waals surface area (Å²) in [7, 11) is 0. The summed E-state index contributed by atoms with van der Waals surface area (Å²) < 4.78 is 1.81. The summed E-state index contributed by atoms with van der Waals surface area (Å²) in [4.78, 5) is 11.9. The summed E-state index contributed by atoms with van der Waals surface area (Å²) in [6.45, 7) is 5.61. The summed E-state index contributed by atoms with van der Waals surface area (Å²) in [6.07, 6.45) is 2.07. The first-order valence-electron chi connectivity index (χ1n) is 6.37. The molecule has 0 saturated heterocycles. The number of carbonyl (C=O) groups excluding carboxylic acids is 1. The molecule has 0 radical (unpaired) electrons. The highest BCUT2D eigenvalue weighted by molar-refractivity contribution is 5.97. The Hall–Kier alpha value is -1.91. The lowest BCUT2D eigenvalue weighted by molar-refractivity contribution is 0.0953. The van der Waals surface area contributed by atoms with E-state index < -0.39 is 0 Å². The van der Waals surface area contributed by atoms with Gasteiger partial charge >= 0.3 is 0 Å². The molecule has 0 bridgehead atoms. The molecule has 18 heavy (non-hydrogen) atoms. The third kappa shape index (κ3) is 2.50. The topological polar surface area (TPSA) is 59.8 Å². The van der Waals surface area contributed by atoms with Gasteiger partial charge in [0, 0.05) is 18.7 Å². The predicted octanol–water partition coefficient (Wildman–Crippen LogP) is 1.98. The van der Waals surface area contributed by atoms with Gasteiger partial charge in [0.1, 0.15) is 5.52 Å². The Morgan fingerprint density at radius 3 is 2.94 bits per heavy atom. The van der Waals surface area contributed by atoms with Gasteiger partial charge in [-0.3, -0.25) is 4.79 Å². The van der Waals surface area contributed by atoms with Gasteiger partial charge in [0.15, 0.2) is 0 Å². The van der Waals surface area contributed by atoms with Crippen LogP contribution in [0.25, 0.3) is 11.0 Å². The third-order valence-electron chi connectivity index (χ3n) is 2.89. The lowest BCUT2D eigenvalue weighted by Crippen LogP contribution is -2.24. The van der Waals surface area contributed by atoms with Crippen LogP contribution in [0.1, 0.15) is 37.0 Å². The van der Waals surface area contributed by atoms with Crippen LogP contribution in [0, 0.1) is 0 Å². The number of carbonyl (C=O) groups is 1. The first-order valence-corrected chi connectivity index (χ1v) is 6.37. The highest BCUT2D eigenvalue weighted by atomic mass is 16.1. The molecule has 1 N–H and O–H groups in total. The second-order valence-electron chi connectivity index (χ2n) is 4.22. The van der Waals surface area contributed by atoms with Gasteiger partial charge in [-0.1, -0.05) is 18.6 Å². The molecule has 1 aromatic carbocycles. The van der Waals surface area contributed by atoms with E-state index in [2.05, 4.69) is 22.6 Å². The van der Waals surface area contributed by atoms with Crippen molar-refractivity contribution >= 4 is 16.9 Å². The average Bonchev–Trinajstić information content (AvgIpc) is 2.80. The van der Waals surface area contributed by atoms with Crippen molar-refractivity contribution in [3.8, 4) is 0 Å². The number of aromatic nitrogens is 3. The number of hydrogen-bond acceptors (Lipinski definition) is 3. The zero-order valence-corrected chi connectivity index (χ0v) is 10.8. The monoisotopic (exact) mass is 246 g/mol. The number of hydrogen-bond donors (Lipinski definition) is 1. The minimum absolute atomic E-state index is 0.0450. The Kier molecular flexibility index (Phi) is 3.92. The molecule has 0 unspecified atom stereocenters. The number of aryl methyl sites for hydroxylation is 1. The van der Waals surface area contributed by atoms with Gasteiger partial charge in [0.2, 0.25) is 0 Å². The highest BCUT2D eigenvalue weighted by Gasteiger charge is 2.08. The van der Waals surface area contributed by atoms with Crippen LogP contribution in [0.4, 0.5) is 0 Å². The number of nitrogens with zero attached hydrogens (tertiary/aromatic N) is 3. The van der Waals surface area contributed by atoms with E-state index in [1.54, 1.807) is 6.07 Å². The lowest BCUT2D eigenvalue weighted by atomic mass is 10.2. The maximum atomic E-state index is 11.9. The first-order chi connectivity index (χ1) is 8.76. The summed E-state index contributed by atoms with van der Waals surface area (Å²) in [5.41, 5.74) is 2.37. The zero-order chi connectivity index (χ0) is 13.0. The Bertz CT molecular complexity index is 547. The fourth-order valence-corrected chi connectivity index (χ4v) is 1.83. The molecule has 0 spiro atoms. The summed E-state index contributed by atoms with van der Waals surface area (Å²) >= 11 is 0. The molecule has 0 aliphatic heterocycles. The van der Waals surface area contributed by atoms with Crippen molar-refractivity contribution in [1.29, 1.82) is 0 Å². The summed E-state index contributed by atoms with van der Waals surface area (Å²) in [5, 5.41) is 11.0. The van der Waals surface area contributed by atoms with Crippen molar-refractivity contribution in [2.24, 2.45) is 0 Å². The van der Waals surface area contributed by atoms with Gasteiger partial charge in [-0.15, -0.1) is 5.10 Å². The van der Waals surface area contributed by atoms with E-state index in [0.717, 1.165) is 37.0 Å². The van der Waals surface area contributed by atoms with Gasteiger partial charge in [0.25, 0.3) is 5.91 Å². The van der Waals surface area contributed by atoms with Crippen molar-refractivity contribution < 1.29 is 4.79 Å². The molecular weight excluding hydrogens is 228 g/mol. The molecule has 0 fully saturated rings.